The molecule has 11 heavy (non-hydrogen) atoms. The third-order valence-electron chi connectivity index (χ3n) is 2.00. The Balaban J connectivity index is 2.55. The van der Waals surface area contributed by atoms with Gasteiger partial charge in [0.15, 0.2) is 9.84 Å². The molecule has 0 radical (unpaired) electrons. The van der Waals surface area contributed by atoms with Crippen LogP contribution in [-0.2, 0) is 9.84 Å². The average molecular weight is 194 g/mol. The van der Waals surface area contributed by atoms with Crippen molar-refractivity contribution in [1.82, 2.24) is 0 Å². The van der Waals surface area contributed by atoms with E-state index >= 15 is 0 Å². The second kappa shape index (κ2) is 3.35. The smallest absolute Gasteiger partial charge is 0.159 e. The van der Waals surface area contributed by atoms with Gasteiger partial charge in [0.25, 0.3) is 0 Å². The quantitative estimate of drug-likeness (QED) is 0.670. The minimum Gasteiger partial charge on any atom is -0.228 e. The second-order valence-electron chi connectivity index (χ2n) is 3.00. The highest BCUT2D eigenvalue weighted by Crippen LogP contribution is 2.37. The summed E-state index contributed by atoms with van der Waals surface area (Å²) in [7, 11) is -2.78. The Labute approximate surface area is 72.7 Å². The standard InChI is InChI=1S/C7H14O2S2/c1-3-6-4-5-7(10-6)11(2,8)9/h6-7H,3-5H2,1-2H3. The number of thioether (sulfide) groups is 1. The van der Waals surface area contributed by atoms with E-state index in [9.17, 15) is 8.42 Å². The maximum Gasteiger partial charge on any atom is 0.159 e. The lowest BCUT2D eigenvalue weighted by atomic mass is 10.2. The van der Waals surface area contributed by atoms with E-state index in [1.165, 1.54) is 6.26 Å². The summed E-state index contributed by atoms with van der Waals surface area (Å²) in [6.45, 7) is 2.11. The van der Waals surface area contributed by atoms with Crippen molar-refractivity contribution in [3.63, 3.8) is 0 Å². The van der Waals surface area contributed by atoms with Gasteiger partial charge in [-0.05, 0) is 19.3 Å². The predicted molar refractivity (Wildman–Crippen MR) is 49.5 cm³/mol. The molecule has 1 fully saturated rings. The Morgan fingerprint density at radius 1 is 1.45 bits per heavy atom. The lowest BCUT2D eigenvalue weighted by molar-refractivity contribution is 0.595. The zero-order valence-electron chi connectivity index (χ0n) is 6.91. The molecule has 0 N–H and O–H groups in total. The molecule has 2 unspecified atom stereocenters. The van der Waals surface area contributed by atoms with Crippen LogP contribution in [0, 0.1) is 0 Å². The molecule has 2 atom stereocenters. The molecular weight excluding hydrogens is 180 g/mol. The van der Waals surface area contributed by atoms with Crippen LogP contribution in [0.4, 0.5) is 0 Å². The number of hydrogen-bond acceptors (Lipinski definition) is 3. The largest absolute Gasteiger partial charge is 0.228 e. The van der Waals surface area contributed by atoms with Crippen molar-refractivity contribution in [2.75, 3.05) is 6.26 Å². The Hall–Kier alpha value is 0.300. The Bertz CT molecular complexity index is 221. The number of rotatable bonds is 2. The summed E-state index contributed by atoms with van der Waals surface area (Å²) in [5.74, 6) is 0. The van der Waals surface area contributed by atoms with Crippen LogP contribution in [0.2, 0.25) is 0 Å². The van der Waals surface area contributed by atoms with Gasteiger partial charge in [0.1, 0.15) is 4.58 Å². The summed E-state index contributed by atoms with van der Waals surface area (Å²) in [6, 6.07) is 0. The van der Waals surface area contributed by atoms with Gasteiger partial charge in [0, 0.05) is 11.5 Å². The minimum absolute atomic E-state index is 0.118. The lowest BCUT2D eigenvalue weighted by Crippen LogP contribution is -2.12. The summed E-state index contributed by atoms with van der Waals surface area (Å²) < 4.78 is 22.0. The molecule has 1 aliphatic rings. The summed E-state index contributed by atoms with van der Waals surface area (Å²) in [6.07, 6.45) is 4.35. The fourth-order valence-corrected chi connectivity index (χ4v) is 4.30. The van der Waals surface area contributed by atoms with Crippen LogP contribution in [0.5, 0.6) is 0 Å². The van der Waals surface area contributed by atoms with Crippen LogP contribution < -0.4 is 0 Å². The SMILES string of the molecule is CCC1CCC(S(C)(=O)=O)S1. The molecule has 2 nitrogen and oxygen atoms in total. The zero-order chi connectivity index (χ0) is 8.48. The van der Waals surface area contributed by atoms with Gasteiger partial charge in [-0.1, -0.05) is 6.92 Å². The first-order chi connectivity index (χ1) is 5.04. The van der Waals surface area contributed by atoms with Gasteiger partial charge in [0.2, 0.25) is 0 Å². The van der Waals surface area contributed by atoms with Gasteiger partial charge in [-0.2, -0.15) is 0 Å². The zero-order valence-corrected chi connectivity index (χ0v) is 8.54. The molecule has 1 saturated heterocycles. The monoisotopic (exact) mass is 194 g/mol. The number of hydrogen-bond donors (Lipinski definition) is 0. The van der Waals surface area contributed by atoms with Crippen LogP contribution in [0.15, 0.2) is 0 Å². The van der Waals surface area contributed by atoms with Gasteiger partial charge in [-0.15, -0.1) is 11.8 Å². The lowest BCUT2D eigenvalue weighted by Gasteiger charge is -2.06. The molecule has 1 heterocycles. The molecule has 1 aliphatic heterocycles. The molecule has 0 aromatic heterocycles. The van der Waals surface area contributed by atoms with Crippen LogP contribution in [-0.4, -0.2) is 24.5 Å². The van der Waals surface area contributed by atoms with Crippen molar-refractivity contribution in [2.24, 2.45) is 0 Å². The third-order valence-corrected chi connectivity index (χ3v) is 6.07. The van der Waals surface area contributed by atoms with Crippen LogP contribution >= 0.6 is 11.8 Å². The van der Waals surface area contributed by atoms with Crippen molar-refractivity contribution in [3.05, 3.63) is 0 Å². The highest BCUT2D eigenvalue weighted by atomic mass is 32.3. The maximum absolute atomic E-state index is 11.1. The van der Waals surface area contributed by atoms with Crippen molar-refractivity contribution in [3.8, 4) is 0 Å². The molecule has 0 aromatic carbocycles. The van der Waals surface area contributed by atoms with Crippen LogP contribution in [0.3, 0.4) is 0 Å². The molecule has 4 heteroatoms. The average Bonchev–Trinajstić information content (AvgIpc) is 2.32. The van der Waals surface area contributed by atoms with E-state index in [1.54, 1.807) is 11.8 Å². The van der Waals surface area contributed by atoms with Crippen molar-refractivity contribution in [2.45, 2.75) is 36.0 Å². The molecular formula is C7H14O2S2. The van der Waals surface area contributed by atoms with E-state index in [4.69, 9.17) is 0 Å². The highest BCUT2D eigenvalue weighted by molar-refractivity contribution is 8.13. The van der Waals surface area contributed by atoms with E-state index in [2.05, 4.69) is 6.92 Å². The molecule has 0 spiro atoms. The van der Waals surface area contributed by atoms with Gasteiger partial charge in [0.05, 0.1) is 0 Å². The fraction of sp³-hybridized carbons (Fsp3) is 1.00. The second-order valence-corrected chi connectivity index (χ2v) is 7.04. The first kappa shape index (κ1) is 9.39. The molecule has 0 aliphatic carbocycles. The summed E-state index contributed by atoms with van der Waals surface area (Å²) >= 11 is 1.63. The topological polar surface area (TPSA) is 34.1 Å². The van der Waals surface area contributed by atoms with Gasteiger partial charge in [-0.3, -0.25) is 0 Å². The molecule has 0 aromatic rings. The molecule has 66 valence electrons. The summed E-state index contributed by atoms with van der Waals surface area (Å²) in [4.78, 5) is 0. The molecule has 0 bridgehead atoms. The normalized spacial score (nSPS) is 32.5. The first-order valence-corrected chi connectivity index (χ1v) is 6.78. The van der Waals surface area contributed by atoms with Gasteiger partial charge < -0.3 is 0 Å². The highest BCUT2D eigenvalue weighted by Gasteiger charge is 2.30. The van der Waals surface area contributed by atoms with Gasteiger partial charge in [-0.25, -0.2) is 8.42 Å². The molecule has 0 amide bonds. The summed E-state index contributed by atoms with van der Waals surface area (Å²) in [5, 5.41) is 0.578. The van der Waals surface area contributed by atoms with Crippen molar-refractivity contribution in [1.29, 1.82) is 0 Å². The van der Waals surface area contributed by atoms with Crippen LogP contribution in [0.1, 0.15) is 26.2 Å². The van der Waals surface area contributed by atoms with E-state index < -0.39 is 9.84 Å². The Morgan fingerprint density at radius 3 is 2.36 bits per heavy atom. The van der Waals surface area contributed by atoms with E-state index in [0.717, 1.165) is 19.3 Å². The van der Waals surface area contributed by atoms with E-state index in [0.29, 0.717) is 5.25 Å². The third kappa shape index (κ3) is 2.37. The predicted octanol–water partition coefficient (Wildman–Crippen LogP) is 1.66. The molecule has 0 saturated carbocycles. The molecule has 1 rings (SSSR count). The minimum atomic E-state index is -2.78. The van der Waals surface area contributed by atoms with Crippen LogP contribution in [0.25, 0.3) is 0 Å². The Morgan fingerprint density at radius 2 is 2.09 bits per heavy atom. The maximum atomic E-state index is 11.1. The number of sulfone groups is 1. The fourth-order valence-electron chi connectivity index (χ4n) is 1.29. The van der Waals surface area contributed by atoms with Crippen molar-refractivity contribution >= 4 is 21.6 Å². The van der Waals surface area contributed by atoms with Gasteiger partial charge >= 0.3 is 0 Å². The van der Waals surface area contributed by atoms with E-state index in [-0.39, 0.29) is 4.58 Å². The summed E-state index contributed by atoms with van der Waals surface area (Å²) in [5.41, 5.74) is 0. The first-order valence-electron chi connectivity index (χ1n) is 3.88. The Kier molecular flexibility index (Phi) is 2.86. The van der Waals surface area contributed by atoms with Crippen molar-refractivity contribution < 1.29 is 8.42 Å². The van der Waals surface area contributed by atoms with E-state index in [1.807, 2.05) is 0 Å².